The first-order valence-electron chi connectivity index (χ1n) is 26.6. The maximum absolute atomic E-state index is 14.6. The Kier molecular flexibility index (Phi) is 21.3. The number of rotatable bonds is 14. The zero-order valence-electron chi connectivity index (χ0n) is 45.9. The number of cyclic esters (lactones) is 1. The lowest BCUT2D eigenvalue weighted by molar-refractivity contribution is -0.275. The van der Waals surface area contributed by atoms with E-state index in [1.54, 1.807) is 39.8 Å². The van der Waals surface area contributed by atoms with E-state index in [0.29, 0.717) is 31.5 Å². The summed E-state index contributed by atoms with van der Waals surface area (Å²) in [6.45, 7) is 19.7. The maximum atomic E-state index is 14.6. The number of alkyl halides is 1. The quantitative estimate of drug-likeness (QED) is 0.138. The summed E-state index contributed by atoms with van der Waals surface area (Å²) in [7, 11) is 7.39. The number of nitrogens with one attached hydrogen (secondary N) is 1. The average Bonchev–Trinajstić information content (AvgIpc) is 3.33. The number of hydrogen-bond acceptors (Lipinski definition) is 15. The molecule has 0 radical (unpaired) electrons. The predicted molar refractivity (Wildman–Crippen MR) is 274 cm³/mol. The van der Waals surface area contributed by atoms with Crippen molar-refractivity contribution >= 4 is 17.4 Å². The number of aliphatic hydroxyl groups excluding tert-OH is 3. The molecule has 0 bridgehead atoms. The van der Waals surface area contributed by atoms with Crippen LogP contribution in [-0.2, 0) is 33.3 Å². The van der Waals surface area contributed by atoms with E-state index in [2.05, 4.69) is 28.2 Å². The van der Waals surface area contributed by atoms with Crippen LogP contribution in [-0.4, -0.2) is 197 Å². The summed E-state index contributed by atoms with van der Waals surface area (Å²) < 4.78 is 46.8. The molecule has 1 aromatic rings. The number of likely N-dealkylation sites (N-methyl/N-ethyl adjacent to an activating group) is 2. The highest BCUT2D eigenvalue weighted by atomic mass is 19.1. The summed E-state index contributed by atoms with van der Waals surface area (Å²) in [5.74, 6) is -3.38. The van der Waals surface area contributed by atoms with Crippen molar-refractivity contribution in [3.05, 3.63) is 41.5 Å². The van der Waals surface area contributed by atoms with E-state index in [4.69, 9.17) is 23.7 Å². The number of ether oxygens (including phenoxy) is 5. The van der Waals surface area contributed by atoms with Gasteiger partial charge in [0.1, 0.15) is 36.7 Å². The van der Waals surface area contributed by atoms with Crippen LogP contribution in [0.3, 0.4) is 0 Å². The molecule has 0 saturated carbocycles. The second-order valence-electron chi connectivity index (χ2n) is 23.0. The molecule has 0 aromatic heterocycles. The Labute approximate surface area is 429 Å². The molecule has 19 atom stereocenters. The summed E-state index contributed by atoms with van der Waals surface area (Å²) in [6, 6.07) is 5.65. The molecule has 0 spiro atoms. The monoisotopic (exact) mass is 1020 g/mol. The van der Waals surface area contributed by atoms with Crippen molar-refractivity contribution in [2.45, 2.75) is 204 Å². The lowest BCUT2D eigenvalue weighted by Gasteiger charge is -2.51. The van der Waals surface area contributed by atoms with Crippen LogP contribution in [0.15, 0.2) is 30.3 Å². The second kappa shape index (κ2) is 25.5. The first-order chi connectivity index (χ1) is 33.7. The molecule has 0 aliphatic carbocycles. The van der Waals surface area contributed by atoms with Crippen LogP contribution in [0.5, 0.6) is 0 Å². The van der Waals surface area contributed by atoms with Crippen molar-refractivity contribution in [3.63, 3.8) is 0 Å². The Balaban J connectivity index is 1.38. The van der Waals surface area contributed by atoms with E-state index >= 15 is 0 Å². The van der Waals surface area contributed by atoms with E-state index in [1.807, 2.05) is 65.7 Å². The number of aliphatic hydroxyl groups is 5. The largest absolute Gasteiger partial charge is 0.459 e. The smallest absolute Gasteiger partial charge is 0.309 e. The number of esters is 1. The average molecular weight is 1020 g/mol. The Morgan fingerprint density at radius 3 is 2.26 bits per heavy atom. The van der Waals surface area contributed by atoms with E-state index in [-0.39, 0.29) is 43.7 Å². The van der Waals surface area contributed by atoms with Crippen LogP contribution in [0.1, 0.15) is 131 Å². The molecule has 16 nitrogen and oxygen atoms in total. The number of benzene rings is 1. The fourth-order valence-corrected chi connectivity index (χ4v) is 12.3. The highest BCUT2D eigenvalue weighted by molar-refractivity contribution is 5.76. The van der Waals surface area contributed by atoms with Crippen LogP contribution < -0.4 is 5.32 Å². The molecule has 4 aliphatic rings. The Bertz CT molecular complexity index is 1930. The summed E-state index contributed by atoms with van der Waals surface area (Å²) in [4.78, 5) is 34.2. The topological polar surface area (TPSA) is 203 Å². The van der Waals surface area contributed by atoms with Gasteiger partial charge < -0.3 is 69.2 Å². The first-order valence-corrected chi connectivity index (χ1v) is 26.6. The van der Waals surface area contributed by atoms with Crippen molar-refractivity contribution in [1.29, 1.82) is 0 Å². The van der Waals surface area contributed by atoms with Gasteiger partial charge in [-0.1, -0.05) is 58.0 Å². The van der Waals surface area contributed by atoms with Crippen molar-refractivity contribution in [2.75, 3.05) is 61.1 Å². The minimum atomic E-state index is -1.81. The second-order valence-corrected chi connectivity index (χ2v) is 23.0. The van der Waals surface area contributed by atoms with Gasteiger partial charge in [0.15, 0.2) is 6.29 Å². The van der Waals surface area contributed by atoms with Gasteiger partial charge in [0.2, 0.25) is 5.91 Å². The molecule has 3 fully saturated rings. The number of carbonyl (C=O) groups is 2. The SMILES string of the molecule is CC[C@H]1OC(=O)[C@H](C)C([C@H]2C[C@@](C)(OC)[C@@H](O)[C@H](C)O2)[C@H](C)[C@@H](O[C@H]2C[C@@H](N(C)CCC(=O)N[C@H](CF)[C@H](O)c3ccc(C4=CCN(C)CC4)cc3)C[C@@H](C)O2)[C@](C)(O)C[C@@H](C)CN(C)[C@H](C)[C@@H](O)[C@]1(C)O. The lowest BCUT2D eigenvalue weighted by Crippen LogP contribution is -2.61. The fourth-order valence-electron chi connectivity index (χ4n) is 12.3. The third kappa shape index (κ3) is 14.4. The third-order valence-electron chi connectivity index (χ3n) is 17.0. The summed E-state index contributed by atoms with van der Waals surface area (Å²) >= 11 is 0. The van der Waals surface area contributed by atoms with Crippen molar-refractivity contribution < 1.29 is 63.2 Å². The van der Waals surface area contributed by atoms with E-state index in [9.17, 15) is 39.5 Å². The van der Waals surface area contributed by atoms with Gasteiger partial charge in [0, 0.05) is 70.6 Å². The fraction of sp³-hybridized carbons (Fsp3) is 0.818. The van der Waals surface area contributed by atoms with Crippen LogP contribution >= 0.6 is 0 Å². The van der Waals surface area contributed by atoms with Crippen molar-refractivity contribution in [2.24, 2.45) is 23.7 Å². The van der Waals surface area contributed by atoms with Gasteiger partial charge in [-0.25, -0.2) is 4.39 Å². The normalized spacial score (nSPS) is 40.3. The number of halogens is 1. The zero-order valence-corrected chi connectivity index (χ0v) is 45.9. The highest BCUT2D eigenvalue weighted by Crippen LogP contribution is 2.45. The van der Waals surface area contributed by atoms with Crippen molar-refractivity contribution in [3.8, 4) is 0 Å². The Morgan fingerprint density at radius 1 is 1.00 bits per heavy atom. The molecule has 4 aliphatic heterocycles. The molecular formula is C55H93FN4O12. The van der Waals surface area contributed by atoms with Gasteiger partial charge in [-0.3, -0.25) is 9.59 Å². The third-order valence-corrected chi connectivity index (χ3v) is 17.0. The molecule has 72 heavy (non-hydrogen) atoms. The van der Waals surface area contributed by atoms with Crippen LogP contribution in [0.25, 0.3) is 5.57 Å². The number of methoxy groups -OCH3 is 1. The first kappa shape index (κ1) is 60.2. The number of carbonyl (C=O) groups excluding carboxylic acids is 2. The summed E-state index contributed by atoms with van der Waals surface area (Å²) in [6.07, 6.45) is -3.15. The van der Waals surface area contributed by atoms with Crippen LogP contribution in [0.2, 0.25) is 0 Å². The number of amides is 1. The number of hydrogen-bond donors (Lipinski definition) is 6. The van der Waals surface area contributed by atoms with Crippen LogP contribution in [0.4, 0.5) is 4.39 Å². The number of nitrogens with zero attached hydrogens (tertiary/aromatic N) is 3. The molecule has 412 valence electrons. The van der Waals surface area contributed by atoms with Gasteiger partial charge in [-0.2, -0.15) is 0 Å². The Morgan fingerprint density at radius 2 is 1.67 bits per heavy atom. The Hall–Kier alpha value is -2.65. The molecule has 3 saturated heterocycles. The summed E-state index contributed by atoms with van der Waals surface area (Å²) in [5.41, 5.74) is -1.56. The van der Waals surface area contributed by atoms with Gasteiger partial charge in [-0.05, 0) is 117 Å². The summed E-state index contributed by atoms with van der Waals surface area (Å²) in [5, 5.41) is 61.7. The molecule has 4 heterocycles. The standard InChI is InChI=1S/C55H93FN4O12/c1-15-44-55(10,67)49(63)36(6)60(13)31-32(2)28-53(8,66)51(34(4)47(35(5)52(65)71-44)43-29-54(9,68-14)50(64)37(7)70-43)72-46-27-41(26-33(3)69-46)59(12)25-22-45(61)57-42(30-56)48(62)40-18-16-38(17-19-40)39-20-23-58(11)24-21-39/h16-20,32-37,41-44,46-51,62-64,66-67H,15,21-31H2,1-14H3,(H,57,61)/t32-,33-,34+,35-,36-,37+,41+,42-,43-,44-,46+,47?,48-,49-,50+,51-,53-,54-,55-/m1/s1. The predicted octanol–water partition coefficient (Wildman–Crippen LogP) is 4.87. The van der Waals surface area contributed by atoms with Crippen LogP contribution in [0, 0.1) is 23.7 Å². The van der Waals surface area contributed by atoms with Gasteiger partial charge >= 0.3 is 5.97 Å². The molecule has 17 heteroatoms. The molecular weight excluding hydrogens is 928 g/mol. The van der Waals surface area contributed by atoms with Crippen molar-refractivity contribution in [1.82, 2.24) is 20.0 Å². The minimum absolute atomic E-state index is 0.0494. The molecule has 5 rings (SSSR count). The molecule has 1 amide bonds. The van der Waals surface area contributed by atoms with Gasteiger partial charge in [-0.15, -0.1) is 0 Å². The highest BCUT2D eigenvalue weighted by Gasteiger charge is 2.54. The lowest BCUT2D eigenvalue weighted by atomic mass is 9.68. The molecule has 6 N–H and O–H groups in total. The molecule has 1 aromatic carbocycles. The van der Waals surface area contributed by atoms with E-state index < -0.39 is 114 Å². The van der Waals surface area contributed by atoms with Gasteiger partial charge in [0.25, 0.3) is 0 Å². The zero-order chi connectivity index (χ0) is 53.6. The van der Waals surface area contributed by atoms with E-state index in [0.717, 1.165) is 25.1 Å². The maximum Gasteiger partial charge on any atom is 0.309 e. The minimum Gasteiger partial charge on any atom is -0.459 e. The molecule has 1 unspecified atom stereocenters. The van der Waals surface area contributed by atoms with E-state index in [1.165, 1.54) is 19.6 Å². The van der Waals surface area contributed by atoms with Gasteiger partial charge in [0.05, 0.1) is 47.6 Å².